The van der Waals surface area contributed by atoms with Crippen molar-refractivity contribution in [3.05, 3.63) is 53.6 Å². The minimum atomic E-state index is -1.18. The van der Waals surface area contributed by atoms with Crippen molar-refractivity contribution in [1.29, 1.82) is 0 Å². The molecule has 9 heteroatoms. The lowest BCUT2D eigenvalue weighted by molar-refractivity contribution is -0.157. The molecule has 2 aromatic rings. The van der Waals surface area contributed by atoms with Crippen molar-refractivity contribution in [3.63, 3.8) is 0 Å². The summed E-state index contributed by atoms with van der Waals surface area (Å²) in [5, 5.41) is 2.65. The van der Waals surface area contributed by atoms with Gasteiger partial charge in [-0.15, -0.1) is 0 Å². The van der Waals surface area contributed by atoms with Gasteiger partial charge in [-0.25, -0.2) is 4.79 Å². The average Bonchev–Trinajstić information content (AvgIpc) is 3.07. The van der Waals surface area contributed by atoms with Gasteiger partial charge in [-0.1, -0.05) is 26.0 Å². The topological polar surface area (TPSA) is 111 Å². The number of esters is 1. The molecule has 1 aliphatic heterocycles. The zero-order valence-corrected chi connectivity index (χ0v) is 19.8. The first kappa shape index (κ1) is 24.8. The second-order valence-corrected chi connectivity index (χ2v) is 8.31. The third kappa shape index (κ3) is 5.03. The number of anilines is 1. The van der Waals surface area contributed by atoms with E-state index in [1.165, 1.54) is 21.1 Å². The van der Waals surface area contributed by atoms with Crippen molar-refractivity contribution in [3.8, 4) is 11.5 Å². The molecule has 1 aliphatic rings. The van der Waals surface area contributed by atoms with E-state index in [0.29, 0.717) is 17.2 Å². The summed E-state index contributed by atoms with van der Waals surface area (Å²) in [6, 6.07) is 10.1. The molecule has 1 heterocycles. The number of carbonyl (C=O) groups is 4. The van der Waals surface area contributed by atoms with Crippen LogP contribution in [-0.2, 0) is 14.3 Å². The van der Waals surface area contributed by atoms with E-state index in [9.17, 15) is 19.2 Å². The maximum absolute atomic E-state index is 13.1. The highest BCUT2D eigenvalue weighted by atomic mass is 16.5. The molecule has 2 atom stereocenters. The zero-order chi connectivity index (χ0) is 25.0. The molecule has 0 unspecified atom stereocenters. The molecule has 3 rings (SSSR count). The van der Waals surface area contributed by atoms with Gasteiger partial charge in [0.1, 0.15) is 6.04 Å². The Morgan fingerprint density at radius 3 is 2.03 bits per heavy atom. The van der Waals surface area contributed by atoms with E-state index in [2.05, 4.69) is 5.32 Å². The molecule has 0 saturated carbocycles. The Bertz CT molecular complexity index is 1080. The third-order valence-corrected chi connectivity index (χ3v) is 5.42. The van der Waals surface area contributed by atoms with Crippen molar-refractivity contribution in [2.75, 3.05) is 19.5 Å². The Labute approximate surface area is 198 Å². The summed E-state index contributed by atoms with van der Waals surface area (Å²) in [6.07, 6.45) is -0.973. The zero-order valence-electron chi connectivity index (χ0n) is 19.8. The highest BCUT2D eigenvalue weighted by molar-refractivity contribution is 6.22. The minimum absolute atomic E-state index is 0.0160. The van der Waals surface area contributed by atoms with E-state index in [1.54, 1.807) is 42.5 Å². The molecule has 34 heavy (non-hydrogen) atoms. The fourth-order valence-corrected chi connectivity index (χ4v) is 3.71. The van der Waals surface area contributed by atoms with E-state index in [1.807, 2.05) is 13.8 Å². The number of amides is 3. The Hall–Kier alpha value is -3.88. The smallest absolute Gasteiger partial charge is 0.330 e. The van der Waals surface area contributed by atoms with Gasteiger partial charge >= 0.3 is 5.97 Å². The van der Waals surface area contributed by atoms with Crippen LogP contribution in [0.15, 0.2) is 42.5 Å². The van der Waals surface area contributed by atoms with Crippen LogP contribution in [0.1, 0.15) is 47.9 Å². The second kappa shape index (κ2) is 10.4. The number of imide groups is 1. The number of hydrogen-bond acceptors (Lipinski definition) is 7. The second-order valence-electron chi connectivity index (χ2n) is 8.31. The van der Waals surface area contributed by atoms with Crippen LogP contribution >= 0.6 is 0 Å². The van der Waals surface area contributed by atoms with E-state index in [-0.39, 0.29) is 23.5 Å². The molecule has 9 nitrogen and oxygen atoms in total. The number of methoxy groups -OCH3 is 2. The standard InChI is InChI=1S/C25H28N2O7/c1-14(2)12-19(27-23(29)17-8-6-7-9-18(17)24(27)30)25(31)34-15(3)22(28)26-16-10-11-20(32-4)21(13-16)33-5/h6-11,13-15,19H,12H2,1-5H3,(H,26,28)/t15-,19-/m1/s1. The van der Waals surface area contributed by atoms with Gasteiger partial charge in [0.05, 0.1) is 25.3 Å². The molecule has 1 N–H and O–H groups in total. The predicted octanol–water partition coefficient (Wildman–Crippen LogP) is 3.28. The van der Waals surface area contributed by atoms with Gasteiger partial charge in [0.25, 0.3) is 17.7 Å². The van der Waals surface area contributed by atoms with Gasteiger partial charge in [0.15, 0.2) is 17.6 Å². The average molecular weight is 469 g/mol. The molecule has 0 saturated heterocycles. The van der Waals surface area contributed by atoms with Crippen molar-refractivity contribution in [2.24, 2.45) is 5.92 Å². The number of nitrogens with zero attached hydrogens (tertiary/aromatic N) is 1. The maximum Gasteiger partial charge on any atom is 0.330 e. The normalized spacial score (nSPS) is 14.5. The lowest BCUT2D eigenvalue weighted by Gasteiger charge is -2.27. The van der Waals surface area contributed by atoms with Crippen LogP contribution in [0.3, 0.4) is 0 Å². The molecule has 0 radical (unpaired) electrons. The van der Waals surface area contributed by atoms with Crippen LogP contribution in [-0.4, -0.2) is 55.0 Å². The molecule has 3 amide bonds. The molecule has 2 aromatic carbocycles. The molecule has 0 bridgehead atoms. The van der Waals surface area contributed by atoms with Gasteiger partial charge in [-0.3, -0.25) is 19.3 Å². The van der Waals surface area contributed by atoms with Gasteiger partial charge in [0, 0.05) is 11.8 Å². The summed E-state index contributed by atoms with van der Waals surface area (Å²) >= 11 is 0. The summed E-state index contributed by atoms with van der Waals surface area (Å²) in [6.45, 7) is 5.15. The molecule has 0 fully saturated rings. The van der Waals surface area contributed by atoms with Crippen molar-refractivity contribution in [2.45, 2.75) is 39.3 Å². The summed E-state index contributed by atoms with van der Waals surface area (Å²) in [7, 11) is 2.97. The Balaban J connectivity index is 1.74. The number of rotatable bonds is 9. The molecular formula is C25H28N2O7. The van der Waals surface area contributed by atoms with Gasteiger partial charge in [0.2, 0.25) is 0 Å². The fraction of sp³-hybridized carbons (Fsp3) is 0.360. The lowest BCUT2D eigenvalue weighted by atomic mass is 10.0. The Morgan fingerprint density at radius 2 is 1.50 bits per heavy atom. The Morgan fingerprint density at radius 1 is 0.912 bits per heavy atom. The van der Waals surface area contributed by atoms with Crippen LogP contribution in [0, 0.1) is 5.92 Å². The van der Waals surface area contributed by atoms with Crippen LogP contribution < -0.4 is 14.8 Å². The van der Waals surface area contributed by atoms with E-state index < -0.39 is 35.8 Å². The van der Waals surface area contributed by atoms with Crippen LogP contribution in [0.4, 0.5) is 5.69 Å². The molecule has 0 aromatic heterocycles. The van der Waals surface area contributed by atoms with Crippen molar-refractivity contribution >= 4 is 29.4 Å². The number of fused-ring (bicyclic) bond motifs is 1. The first-order chi connectivity index (χ1) is 16.2. The van der Waals surface area contributed by atoms with Crippen molar-refractivity contribution < 1.29 is 33.4 Å². The fourth-order valence-electron chi connectivity index (χ4n) is 3.71. The molecule has 0 aliphatic carbocycles. The summed E-state index contributed by atoms with van der Waals surface area (Å²) in [4.78, 5) is 52.5. The van der Waals surface area contributed by atoms with Gasteiger partial charge < -0.3 is 19.5 Å². The van der Waals surface area contributed by atoms with E-state index in [4.69, 9.17) is 14.2 Å². The first-order valence-electron chi connectivity index (χ1n) is 10.9. The highest BCUT2D eigenvalue weighted by Crippen LogP contribution is 2.30. The first-order valence-corrected chi connectivity index (χ1v) is 10.9. The predicted molar refractivity (Wildman–Crippen MR) is 124 cm³/mol. The quantitative estimate of drug-likeness (QED) is 0.444. The van der Waals surface area contributed by atoms with Crippen LogP contribution in [0.2, 0.25) is 0 Å². The number of nitrogens with one attached hydrogen (secondary N) is 1. The maximum atomic E-state index is 13.1. The van der Waals surface area contributed by atoms with Crippen molar-refractivity contribution in [1.82, 2.24) is 4.90 Å². The molecular weight excluding hydrogens is 440 g/mol. The summed E-state index contributed by atoms with van der Waals surface area (Å²) in [5.41, 5.74) is 0.909. The van der Waals surface area contributed by atoms with E-state index in [0.717, 1.165) is 4.90 Å². The summed E-state index contributed by atoms with van der Waals surface area (Å²) < 4.78 is 15.8. The largest absolute Gasteiger partial charge is 0.493 e. The summed E-state index contributed by atoms with van der Waals surface area (Å²) in [5.74, 6) is -1.59. The van der Waals surface area contributed by atoms with Gasteiger partial charge in [-0.2, -0.15) is 0 Å². The number of hydrogen-bond donors (Lipinski definition) is 1. The number of carbonyl (C=O) groups excluding carboxylic acids is 4. The molecule has 180 valence electrons. The Kier molecular flexibility index (Phi) is 7.55. The highest BCUT2D eigenvalue weighted by Gasteiger charge is 2.44. The number of benzene rings is 2. The van der Waals surface area contributed by atoms with Gasteiger partial charge in [-0.05, 0) is 43.5 Å². The lowest BCUT2D eigenvalue weighted by Crippen LogP contribution is -2.48. The van der Waals surface area contributed by atoms with Crippen LogP contribution in [0.25, 0.3) is 0 Å². The third-order valence-electron chi connectivity index (χ3n) is 5.42. The monoisotopic (exact) mass is 468 g/mol. The molecule has 0 spiro atoms. The van der Waals surface area contributed by atoms with Crippen LogP contribution in [0.5, 0.6) is 11.5 Å². The minimum Gasteiger partial charge on any atom is -0.493 e. The van der Waals surface area contributed by atoms with E-state index >= 15 is 0 Å². The number of ether oxygens (including phenoxy) is 3. The SMILES string of the molecule is COc1ccc(NC(=O)[C@@H](C)OC(=O)[C@@H](CC(C)C)N2C(=O)c3ccccc3C2=O)cc1OC.